The number of hydrogen-bond acceptors (Lipinski definition) is 2. The molecule has 112 valence electrons. The summed E-state index contributed by atoms with van der Waals surface area (Å²) in [6.07, 6.45) is 0. The molecule has 2 rings (SSSR count). The zero-order valence-corrected chi connectivity index (χ0v) is 11.7. The summed E-state index contributed by atoms with van der Waals surface area (Å²) in [6.45, 7) is 0. The first kappa shape index (κ1) is 16.1. The van der Waals surface area contributed by atoms with E-state index in [-0.39, 0.29) is 23.5 Å². The van der Waals surface area contributed by atoms with Crippen molar-refractivity contribution < 1.29 is 26.3 Å². The van der Waals surface area contributed by atoms with Gasteiger partial charge >= 0.3 is 4.59 Å². The summed E-state index contributed by atoms with van der Waals surface area (Å²) in [5.74, 6) is -4.06. The first-order chi connectivity index (χ1) is 9.77. The van der Waals surface area contributed by atoms with Crippen LogP contribution in [0.3, 0.4) is 0 Å². The fourth-order valence-electron chi connectivity index (χ4n) is 1.39. The lowest BCUT2D eigenvalue weighted by atomic mass is 10.3. The van der Waals surface area contributed by atoms with E-state index in [9.17, 15) is 26.3 Å². The standard InChI is InChI=1S/C13H6F6S2/c14-7-1-3-11(9(16)5-7)20-13(18,19)21-12-4-2-8(15)6-10(12)17/h1-6H. The molecule has 0 fully saturated rings. The molecule has 8 heteroatoms. The molecular weight excluding hydrogens is 334 g/mol. The maximum atomic E-state index is 13.8. The first-order valence-corrected chi connectivity index (χ1v) is 7.06. The maximum absolute atomic E-state index is 13.8. The molecule has 0 saturated heterocycles. The molecule has 0 saturated carbocycles. The predicted octanol–water partition coefficient (Wildman–Crippen LogP) is 5.68. The fraction of sp³-hybridized carbons (Fsp3) is 0.0769. The van der Waals surface area contributed by atoms with E-state index >= 15 is 0 Å². The molecule has 0 N–H and O–H groups in total. The molecule has 21 heavy (non-hydrogen) atoms. The second-order valence-corrected chi connectivity index (χ2v) is 6.39. The second kappa shape index (κ2) is 6.23. The SMILES string of the molecule is Fc1ccc(SC(F)(F)Sc2ccc(F)cc2F)c(F)c1. The van der Waals surface area contributed by atoms with Crippen molar-refractivity contribution in [3.05, 3.63) is 59.7 Å². The summed E-state index contributed by atoms with van der Waals surface area (Å²) in [6, 6.07) is 4.36. The Bertz CT molecular complexity index is 604. The minimum Gasteiger partial charge on any atom is -0.207 e. The molecule has 0 nitrogen and oxygen atoms in total. The third-order valence-corrected chi connectivity index (χ3v) is 4.32. The van der Waals surface area contributed by atoms with Crippen molar-refractivity contribution in [3.8, 4) is 0 Å². The summed E-state index contributed by atoms with van der Waals surface area (Å²) in [5, 5.41) is 0. The van der Waals surface area contributed by atoms with Crippen molar-refractivity contribution >= 4 is 23.5 Å². The Kier molecular flexibility index (Phi) is 4.77. The molecule has 0 spiro atoms. The van der Waals surface area contributed by atoms with E-state index in [0.717, 1.165) is 24.3 Å². The Labute approximate surface area is 124 Å². The van der Waals surface area contributed by atoms with Crippen LogP contribution in [0.15, 0.2) is 46.2 Å². The van der Waals surface area contributed by atoms with Gasteiger partial charge in [-0.25, -0.2) is 17.6 Å². The van der Waals surface area contributed by atoms with E-state index in [2.05, 4.69) is 0 Å². The van der Waals surface area contributed by atoms with E-state index in [1.165, 1.54) is 0 Å². The van der Waals surface area contributed by atoms with Gasteiger partial charge in [0.15, 0.2) is 0 Å². The Balaban J connectivity index is 2.18. The fourth-order valence-corrected chi connectivity index (χ4v) is 3.20. The van der Waals surface area contributed by atoms with Gasteiger partial charge < -0.3 is 0 Å². The Morgan fingerprint density at radius 1 is 0.667 bits per heavy atom. The molecule has 0 bridgehead atoms. The van der Waals surface area contributed by atoms with E-state index < -0.39 is 37.6 Å². The molecule has 2 aromatic carbocycles. The average Bonchev–Trinajstić information content (AvgIpc) is 2.36. The molecule has 0 amide bonds. The quantitative estimate of drug-likeness (QED) is 0.399. The molecule has 0 radical (unpaired) electrons. The van der Waals surface area contributed by atoms with Gasteiger partial charge in [0.2, 0.25) is 0 Å². The van der Waals surface area contributed by atoms with Gasteiger partial charge in [0.05, 0.1) is 0 Å². The monoisotopic (exact) mass is 340 g/mol. The maximum Gasteiger partial charge on any atom is 0.350 e. The van der Waals surface area contributed by atoms with Crippen LogP contribution in [-0.4, -0.2) is 4.59 Å². The van der Waals surface area contributed by atoms with Gasteiger partial charge in [0.1, 0.15) is 23.3 Å². The van der Waals surface area contributed by atoms with Crippen molar-refractivity contribution in [2.45, 2.75) is 14.4 Å². The number of thioether (sulfide) groups is 2. The molecule has 0 heterocycles. The van der Waals surface area contributed by atoms with Gasteiger partial charge in [-0.15, -0.1) is 0 Å². The number of benzene rings is 2. The highest BCUT2D eigenvalue weighted by Gasteiger charge is 2.34. The number of alkyl halides is 2. The molecular formula is C13H6F6S2. The van der Waals surface area contributed by atoms with Crippen LogP contribution in [0.1, 0.15) is 0 Å². The molecule has 0 aliphatic rings. The van der Waals surface area contributed by atoms with Crippen LogP contribution in [0.5, 0.6) is 0 Å². The number of halogens is 6. The van der Waals surface area contributed by atoms with Crippen molar-refractivity contribution in [2.75, 3.05) is 0 Å². The highest BCUT2D eigenvalue weighted by atomic mass is 32.2. The zero-order chi connectivity index (χ0) is 15.6. The highest BCUT2D eigenvalue weighted by molar-refractivity contribution is 8.17. The molecule has 0 atom stereocenters. The van der Waals surface area contributed by atoms with Gasteiger partial charge in [0, 0.05) is 21.9 Å². The third kappa shape index (κ3) is 4.34. The van der Waals surface area contributed by atoms with Gasteiger partial charge in [0.25, 0.3) is 0 Å². The smallest absolute Gasteiger partial charge is 0.207 e. The normalized spacial score (nSPS) is 11.7. The average molecular weight is 340 g/mol. The van der Waals surface area contributed by atoms with Crippen LogP contribution in [-0.2, 0) is 0 Å². The van der Waals surface area contributed by atoms with Crippen molar-refractivity contribution in [2.24, 2.45) is 0 Å². The summed E-state index contributed by atoms with van der Waals surface area (Å²) >= 11 is -0.367. The van der Waals surface area contributed by atoms with Crippen LogP contribution in [0, 0.1) is 23.3 Å². The number of rotatable bonds is 4. The molecule has 0 aliphatic carbocycles. The lowest BCUT2D eigenvalue weighted by Crippen LogP contribution is -2.05. The second-order valence-electron chi connectivity index (χ2n) is 3.82. The summed E-state index contributed by atoms with van der Waals surface area (Å²) in [7, 11) is 0. The first-order valence-electron chi connectivity index (χ1n) is 5.43. The lowest BCUT2D eigenvalue weighted by molar-refractivity contribution is 0.211. The van der Waals surface area contributed by atoms with Crippen LogP contribution in [0.4, 0.5) is 26.3 Å². The zero-order valence-electron chi connectivity index (χ0n) is 10.0. The van der Waals surface area contributed by atoms with Crippen LogP contribution in [0.2, 0.25) is 0 Å². The van der Waals surface area contributed by atoms with E-state index in [4.69, 9.17) is 0 Å². The van der Waals surface area contributed by atoms with E-state index in [1.807, 2.05) is 0 Å². The summed E-state index contributed by atoms with van der Waals surface area (Å²) in [5.41, 5.74) is 0. The van der Waals surface area contributed by atoms with E-state index in [0.29, 0.717) is 12.1 Å². The summed E-state index contributed by atoms with van der Waals surface area (Å²) < 4.78 is 75.9. The topological polar surface area (TPSA) is 0 Å². The molecule has 2 aromatic rings. The minimum absolute atomic E-state index is 0.184. The molecule has 0 aliphatic heterocycles. The van der Waals surface area contributed by atoms with Crippen LogP contribution >= 0.6 is 23.5 Å². The van der Waals surface area contributed by atoms with Gasteiger partial charge in [-0.3, -0.25) is 0 Å². The van der Waals surface area contributed by atoms with Crippen molar-refractivity contribution in [1.82, 2.24) is 0 Å². The van der Waals surface area contributed by atoms with Gasteiger partial charge in [-0.1, -0.05) is 0 Å². The Morgan fingerprint density at radius 2 is 1.05 bits per heavy atom. The van der Waals surface area contributed by atoms with Gasteiger partial charge in [-0.05, 0) is 47.8 Å². The van der Waals surface area contributed by atoms with E-state index in [1.54, 1.807) is 0 Å². The summed E-state index contributed by atoms with van der Waals surface area (Å²) in [4.78, 5) is -0.951. The Hall–Kier alpha value is -1.28. The minimum atomic E-state index is -3.61. The molecule has 0 unspecified atom stereocenters. The Morgan fingerprint density at radius 3 is 1.38 bits per heavy atom. The number of hydrogen-bond donors (Lipinski definition) is 0. The van der Waals surface area contributed by atoms with Gasteiger partial charge in [-0.2, -0.15) is 8.78 Å². The van der Waals surface area contributed by atoms with Crippen LogP contribution in [0.25, 0.3) is 0 Å². The van der Waals surface area contributed by atoms with Crippen molar-refractivity contribution in [1.29, 1.82) is 0 Å². The largest absolute Gasteiger partial charge is 0.350 e. The lowest BCUT2D eigenvalue weighted by Gasteiger charge is -2.15. The van der Waals surface area contributed by atoms with Crippen LogP contribution < -0.4 is 0 Å². The molecule has 0 aromatic heterocycles. The highest BCUT2D eigenvalue weighted by Crippen LogP contribution is 2.49. The third-order valence-electron chi connectivity index (χ3n) is 2.25. The van der Waals surface area contributed by atoms with Crippen molar-refractivity contribution in [3.63, 3.8) is 0 Å². The predicted molar refractivity (Wildman–Crippen MR) is 69.4 cm³/mol.